The fraction of sp³-hybridized carbons (Fsp3) is 0.200. The largest absolute Gasteiger partial charge is 0.306 e. The van der Waals surface area contributed by atoms with Gasteiger partial charge in [-0.15, -0.1) is 0 Å². The van der Waals surface area contributed by atoms with E-state index >= 15 is 0 Å². The summed E-state index contributed by atoms with van der Waals surface area (Å²) in [5.41, 5.74) is 4.27. The molecule has 0 saturated carbocycles. The maximum Gasteiger partial charge on any atom is 0.256 e. The molecule has 1 aliphatic rings. The highest BCUT2D eigenvalue weighted by molar-refractivity contribution is 7.90. The summed E-state index contributed by atoms with van der Waals surface area (Å²) in [5.74, 6) is -0.257. The van der Waals surface area contributed by atoms with Gasteiger partial charge in [-0.3, -0.25) is 4.79 Å². The van der Waals surface area contributed by atoms with Crippen LogP contribution in [0.25, 0.3) is 5.69 Å². The second-order valence-electron chi connectivity index (χ2n) is 6.97. The van der Waals surface area contributed by atoms with Crippen LogP contribution in [0.3, 0.4) is 0 Å². The predicted octanol–water partition coefficient (Wildman–Crippen LogP) is 3.82. The number of nitrogens with zero attached hydrogens (tertiary/aromatic N) is 2. The summed E-state index contributed by atoms with van der Waals surface area (Å²) in [7, 11) is -3.26. The van der Waals surface area contributed by atoms with Crippen molar-refractivity contribution in [2.75, 3.05) is 5.32 Å². The molecule has 1 aromatic heterocycles. The van der Waals surface area contributed by atoms with Crippen molar-refractivity contribution in [2.24, 2.45) is 0 Å². The minimum atomic E-state index is -3.26. The number of aromatic nitrogens is 2. The molecule has 28 heavy (non-hydrogen) atoms. The molecule has 2 heterocycles. The number of nitrogens with one attached hydrogen (secondary N) is 1. The van der Waals surface area contributed by atoms with Crippen molar-refractivity contribution in [2.45, 2.75) is 25.4 Å². The Morgan fingerprint density at radius 2 is 1.93 bits per heavy atom. The molecule has 0 radical (unpaired) electrons. The first-order chi connectivity index (χ1) is 13.2. The van der Waals surface area contributed by atoms with Crippen LogP contribution in [0.4, 0.5) is 5.82 Å². The first-order valence-electron chi connectivity index (χ1n) is 8.69. The molecule has 0 spiro atoms. The number of carbonyl (C=O) groups excluding carboxylic acids is 1. The van der Waals surface area contributed by atoms with E-state index in [1.165, 1.54) is 0 Å². The van der Waals surface area contributed by atoms with Crippen molar-refractivity contribution in [1.82, 2.24) is 9.78 Å². The lowest BCUT2D eigenvalue weighted by molar-refractivity contribution is 0.102. The summed E-state index contributed by atoms with van der Waals surface area (Å²) in [6.45, 7) is 3.95. The van der Waals surface area contributed by atoms with Crippen LogP contribution in [0.15, 0.2) is 42.5 Å². The van der Waals surface area contributed by atoms with Crippen molar-refractivity contribution < 1.29 is 13.2 Å². The van der Waals surface area contributed by atoms with Gasteiger partial charge in [0.25, 0.3) is 5.91 Å². The van der Waals surface area contributed by atoms with E-state index < -0.39 is 9.84 Å². The number of benzene rings is 2. The number of fused-ring (bicyclic) bond motifs is 1. The average Bonchev–Trinajstić information content (AvgIpc) is 3.07. The van der Waals surface area contributed by atoms with Crippen LogP contribution in [0.2, 0.25) is 5.02 Å². The maximum absolute atomic E-state index is 12.8. The van der Waals surface area contributed by atoms with Crippen LogP contribution < -0.4 is 5.32 Å². The number of sulfone groups is 1. The van der Waals surface area contributed by atoms with E-state index in [4.69, 9.17) is 11.6 Å². The van der Waals surface area contributed by atoms with Gasteiger partial charge in [-0.25, -0.2) is 13.1 Å². The van der Waals surface area contributed by atoms with E-state index in [9.17, 15) is 13.2 Å². The number of hydrogen-bond acceptors (Lipinski definition) is 4. The number of rotatable bonds is 3. The Morgan fingerprint density at radius 3 is 2.64 bits per heavy atom. The van der Waals surface area contributed by atoms with Crippen LogP contribution in [0.5, 0.6) is 0 Å². The molecule has 0 aliphatic carbocycles. The Hall–Kier alpha value is -2.64. The summed E-state index contributed by atoms with van der Waals surface area (Å²) in [6, 6.07) is 12.5. The first kappa shape index (κ1) is 18.7. The van der Waals surface area contributed by atoms with Gasteiger partial charge in [0.1, 0.15) is 5.82 Å². The van der Waals surface area contributed by atoms with Gasteiger partial charge in [-0.1, -0.05) is 35.4 Å². The maximum atomic E-state index is 12.8. The minimum absolute atomic E-state index is 0.125. The summed E-state index contributed by atoms with van der Waals surface area (Å²) >= 11 is 5.99. The fourth-order valence-corrected chi connectivity index (χ4v) is 5.08. The summed E-state index contributed by atoms with van der Waals surface area (Å²) < 4.78 is 25.8. The Bertz CT molecular complexity index is 1220. The van der Waals surface area contributed by atoms with Gasteiger partial charge in [0.15, 0.2) is 9.84 Å². The molecule has 144 valence electrons. The summed E-state index contributed by atoms with van der Waals surface area (Å²) in [6.07, 6.45) is 0. The van der Waals surface area contributed by atoms with Gasteiger partial charge in [-0.2, -0.15) is 5.10 Å². The smallest absolute Gasteiger partial charge is 0.256 e. The van der Waals surface area contributed by atoms with Crippen molar-refractivity contribution >= 4 is 33.2 Å². The van der Waals surface area contributed by atoms with E-state index in [-0.39, 0.29) is 17.4 Å². The molecule has 2 aromatic carbocycles. The molecule has 1 amide bonds. The summed E-state index contributed by atoms with van der Waals surface area (Å²) in [4.78, 5) is 12.8. The molecule has 1 aliphatic heterocycles. The highest BCUT2D eigenvalue weighted by Crippen LogP contribution is 2.34. The fourth-order valence-electron chi connectivity index (χ4n) is 3.40. The number of aryl methyl sites for hydroxylation is 2. The van der Waals surface area contributed by atoms with Crippen LogP contribution in [0.1, 0.15) is 32.7 Å². The van der Waals surface area contributed by atoms with Crippen LogP contribution in [-0.2, 0) is 21.3 Å². The van der Waals surface area contributed by atoms with Crippen molar-refractivity contribution in [3.8, 4) is 5.69 Å². The first-order valence-corrected chi connectivity index (χ1v) is 10.9. The van der Waals surface area contributed by atoms with E-state index in [0.717, 1.165) is 16.8 Å². The van der Waals surface area contributed by atoms with Crippen LogP contribution in [0, 0.1) is 13.8 Å². The SMILES string of the molecule is Cc1ccc(-n2nc3c(c2NC(=O)c2cccc(Cl)c2)CS(=O)(=O)C3)c(C)c1. The molecule has 0 unspecified atom stereocenters. The van der Waals surface area contributed by atoms with Gasteiger partial charge >= 0.3 is 0 Å². The van der Waals surface area contributed by atoms with Gasteiger partial charge < -0.3 is 5.32 Å². The van der Waals surface area contributed by atoms with Gasteiger partial charge in [-0.05, 0) is 43.7 Å². The van der Waals surface area contributed by atoms with Crippen LogP contribution >= 0.6 is 11.6 Å². The van der Waals surface area contributed by atoms with E-state index in [1.54, 1.807) is 28.9 Å². The Balaban J connectivity index is 1.82. The zero-order chi connectivity index (χ0) is 20.1. The lowest BCUT2D eigenvalue weighted by Gasteiger charge is -2.13. The van der Waals surface area contributed by atoms with Crippen LogP contribution in [-0.4, -0.2) is 24.1 Å². The standard InChI is InChI=1S/C20H18ClN3O3S/c1-12-6-7-18(13(2)8-12)24-19(16-10-28(26,27)11-17(16)23-24)22-20(25)14-4-3-5-15(21)9-14/h3-9H,10-11H2,1-2H3,(H,22,25). The Morgan fingerprint density at radius 1 is 1.14 bits per heavy atom. The Kier molecular flexibility index (Phi) is 4.51. The second kappa shape index (κ2) is 6.76. The van der Waals surface area contributed by atoms with Gasteiger partial charge in [0, 0.05) is 16.1 Å². The third kappa shape index (κ3) is 3.43. The van der Waals surface area contributed by atoms with Crippen molar-refractivity contribution in [1.29, 1.82) is 0 Å². The molecule has 3 aromatic rings. The normalized spacial score (nSPS) is 14.7. The molecule has 1 N–H and O–H groups in total. The van der Waals surface area contributed by atoms with E-state index in [0.29, 0.717) is 27.7 Å². The van der Waals surface area contributed by atoms with E-state index in [2.05, 4.69) is 10.4 Å². The molecular formula is C20H18ClN3O3S. The number of carbonyl (C=O) groups is 1. The molecule has 6 nitrogen and oxygen atoms in total. The highest BCUT2D eigenvalue weighted by atomic mass is 35.5. The summed E-state index contributed by atoms with van der Waals surface area (Å²) in [5, 5.41) is 7.81. The lowest BCUT2D eigenvalue weighted by atomic mass is 10.1. The third-order valence-electron chi connectivity index (χ3n) is 4.69. The molecule has 0 saturated heterocycles. The lowest BCUT2D eigenvalue weighted by Crippen LogP contribution is -2.17. The Labute approximate surface area is 168 Å². The number of halogens is 1. The monoisotopic (exact) mass is 415 g/mol. The minimum Gasteiger partial charge on any atom is -0.306 e. The second-order valence-corrected chi connectivity index (χ2v) is 9.47. The third-order valence-corrected chi connectivity index (χ3v) is 6.36. The number of amides is 1. The topological polar surface area (TPSA) is 81.1 Å². The molecule has 0 atom stereocenters. The molecule has 0 bridgehead atoms. The highest BCUT2D eigenvalue weighted by Gasteiger charge is 2.33. The zero-order valence-electron chi connectivity index (χ0n) is 15.4. The molecule has 4 rings (SSSR count). The molecular weight excluding hydrogens is 398 g/mol. The zero-order valence-corrected chi connectivity index (χ0v) is 16.9. The van der Waals surface area contributed by atoms with E-state index in [1.807, 2.05) is 32.0 Å². The van der Waals surface area contributed by atoms with Gasteiger partial charge in [0.05, 0.1) is 22.9 Å². The number of hydrogen-bond donors (Lipinski definition) is 1. The molecule has 0 fully saturated rings. The number of anilines is 1. The molecule has 8 heteroatoms. The predicted molar refractivity (Wildman–Crippen MR) is 109 cm³/mol. The average molecular weight is 416 g/mol. The van der Waals surface area contributed by atoms with Crippen molar-refractivity contribution in [3.05, 3.63) is 75.4 Å². The van der Waals surface area contributed by atoms with Crippen molar-refractivity contribution in [3.63, 3.8) is 0 Å². The van der Waals surface area contributed by atoms with Gasteiger partial charge in [0.2, 0.25) is 0 Å². The quantitative estimate of drug-likeness (QED) is 0.705.